The van der Waals surface area contributed by atoms with Gasteiger partial charge in [-0.25, -0.2) is 0 Å². The molecular weight excluding hydrogens is 170 g/mol. The summed E-state index contributed by atoms with van der Waals surface area (Å²) in [5.74, 6) is 0. The highest BCUT2D eigenvalue weighted by molar-refractivity contribution is 5.74. The summed E-state index contributed by atoms with van der Waals surface area (Å²) < 4.78 is 0. The standard InChI is InChI=1S/C13H17N/c1-13(2,3)10-7-11-14-12-8-5-4-6-9-12/h4-11H,1-3H3/b10-7+,14-11?. The number of benzene rings is 1. The summed E-state index contributed by atoms with van der Waals surface area (Å²) in [6.07, 6.45) is 5.97. The molecule has 0 radical (unpaired) electrons. The Morgan fingerprint density at radius 3 is 2.29 bits per heavy atom. The van der Waals surface area contributed by atoms with Crippen LogP contribution in [0.5, 0.6) is 0 Å². The summed E-state index contributed by atoms with van der Waals surface area (Å²) in [5, 5.41) is 0. The van der Waals surface area contributed by atoms with E-state index in [2.05, 4.69) is 31.8 Å². The average molecular weight is 187 g/mol. The lowest BCUT2D eigenvalue weighted by molar-refractivity contribution is 0.545. The summed E-state index contributed by atoms with van der Waals surface area (Å²) >= 11 is 0. The second-order valence-electron chi connectivity index (χ2n) is 4.34. The molecule has 0 aliphatic carbocycles. The average Bonchev–Trinajstić information content (AvgIpc) is 2.13. The second-order valence-corrected chi connectivity index (χ2v) is 4.34. The smallest absolute Gasteiger partial charge is 0.0629 e. The van der Waals surface area contributed by atoms with Gasteiger partial charge in [0.2, 0.25) is 0 Å². The lowest BCUT2D eigenvalue weighted by Gasteiger charge is -2.09. The number of hydrogen-bond donors (Lipinski definition) is 0. The van der Waals surface area contributed by atoms with Crippen molar-refractivity contribution >= 4 is 11.9 Å². The molecule has 0 heterocycles. The van der Waals surface area contributed by atoms with Gasteiger partial charge in [0.05, 0.1) is 5.69 Å². The van der Waals surface area contributed by atoms with Crippen molar-refractivity contribution in [3.63, 3.8) is 0 Å². The quantitative estimate of drug-likeness (QED) is 0.621. The Hall–Kier alpha value is -1.37. The first-order valence-electron chi connectivity index (χ1n) is 4.85. The summed E-state index contributed by atoms with van der Waals surface area (Å²) in [4.78, 5) is 4.30. The van der Waals surface area contributed by atoms with Gasteiger partial charge < -0.3 is 0 Å². The molecule has 74 valence electrons. The van der Waals surface area contributed by atoms with E-state index in [0.29, 0.717) is 0 Å². The molecule has 0 amide bonds. The number of nitrogens with zero attached hydrogens (tertiary/aromatic N) is 1. The van der Waals surface area contributed by atoms with Crippen LogP contribution in [0.3, 0.4) is 0 Å². The molecule has 1 rings (SSSR count). The van der Waals surface area contributed by atoms with Crippen molar-refractivity contribution in [2.24, 2.45) is 10.4 Å². The molecule has 0 spiro atoms. The molecule has 0 bridgehead atoms. The molecule has 0 atom stereocenters. The van der Waals surface area contributed by atoms with E-state index in [1.165, 1.54) is 0 Å². The number of rotatable bonds is 2. The topological polar surface area (TPSA) is 12.4 Å². The van der Waals surface area contributed by atoms with Crippen molar-refractivity contribution in [2.45, 2.75) is 20.8 Å². The van der Waals surface area contributed by atoms with E-state index in [1.807, 2.05) is 42.6 Å². The van der Waals surface area contributed by atoms with Gasteiger partial charge in [0.15, 0.2) is 0 Å². The Morgan fingerprint density at radius 1 is 1.07 bits per heavy atom. The molecule has 0 aromatic heterocycles. The van der Waals surface area contributed by atoms with Crippen LogP contribution in [0.15, 0.2) is 47.5 Å². The number of para-hydroxylation sites is 1. The maximum atomic E-state index is 4.30. The van der Waals surface area contributed by atoms with Crippen LogP contribution in [-0.4, -0.2) is 6.21 Å². The molecule has 0 aliphatic heterocycles. The largest absolute Gasteiger partial charge is 0.257 e. The van der Waals surface area contributed by atoms with E-state index in [-0.39, 0.29) is 5.41 Å². The minimum absolute atomic E-state index is 0.225. The molecule has 0 N–H and O–H groups in total. The van der Waals surface area contributed by atoms with Gasteiger partial charge >= 0.3 is 0 Å². The van der Waals surface area contributed by atoms with Crippen LogP contribution in [-0.2, 0) is 0 Å². The van der Waals surface area contributed by atoms with Crippen molar-refractivity contribution < 1.29 is 0 Å². The Morgan fingerprint density at radius 2 is 1.71 bits per heavy atom. The Balaban J connectivity index is 2.54. The van der Waals surface area contributed by atoms with Crippen LogP contribution in [0.25, 0.3) is 0 Å². The van der Waals surface area contributed by atoms with E-state index in [0.717, 1.165) is 5.69 Å². The molecule has 0 saturated carbocycles. The van der Waals surface area contributed by atoms with Crippen LogP contribution in [0, 0.1) is 5.41 Å². The molecule has 1 nitrogen and oxygen atoms in total. The van der Waals surface area contributed by atoms with Crippen LogP contribution >= 0.6 is 0 Å². The van der Waals surface area contributed by atoms with Crippen molar-refractivity contribution in [1.29, 1.82) is 0 Å². The Bertz CT molecular complexity index is 315. The first kappa shape index (κ1) is 10.7. The van der Waals surface area contributed by atoms with E-state index < -0.39 is 0 Å². The van der Waals surface area contributed by atoms with Gasteiger partial charge in [-0.05, 0) is 23.6 Å². The first-order valence-corrected chi connectivity index (χ1v) is 4.85. The molecule has 1 heteroatoms. The molecular formula is C13H17N. The summed E-state index contributed by atoms with van der Waals surface area (Å²) in [7, 11) is 0. The van der Waals surface area contributed by atoms with Gasteiger partial charge in [-0.15, -0.1) is 0 Å². The third-order valence-electron chi connectivity index (χ3n) is 1.66. The third kappa shape index (κ3) is 4.61. The summed E-state index contributed by atoms with van der Waals surface area (Å²) in [6.45, 7) is 6.50. The zero-order valence-corrected chi connectivity index (χ0v) is 9.07. The number of aliphatic imine (C=N–C) groups is 1. The second kappa shape index (κ2) is 4.75. The fraction of sp³-hybridized carbons (Fsp3) is 0.308. The van der Waals surface area contributed by atoms with Crippen LogP contribution < -0.4 is 0 Å². The Kier molecular flexibility index (Phi) is 3.63. The molecule has 0 saturated heterocycles. The lowest BCUT2D eigenvalue weighted by atomic mass is 9.97. The van der Waals surface area contributed by atoms with Gasteiger partial charge in [0.25, 0.3) is 0 Å². The SMILES string of the molecule is CC(C)(C)/C=C/C=Nc1ccccc1. The van der Waals surface area contributed by atoms with Crippen LogP contribution in [0.4, 0.5) is 5.69 Å². The third-order valence-corrected chi connectivity index (χ3v) is 1.66. The van der Waals surface area contributed by atoms with Gasteiger partial charge in [0.1, 0.15) is 0 Å². The van der Waals surface area contributed by atoms with Crippen molar-refractivity contribution in [3.8, 4) is 0 Å². The van der Waals surface area contributed by atoms with Crippen LogP contribution in [0.2, 0.25) is 0 Å². The first-order chi connectivity index (χ1) is 6.58. The van der Waals surface area contributed by atoms with E-state index >= 15 is 0 Å². The minimum atomic E-state index is 0.225. The van der Waals surface area contributed by atoms with Gasteiger partial charge in [-0.1, -0.05) is 45.0 Å². The Labute approximate surface area is 86.2 Å². The van der Waals surface area contributed by atoms with E-state index in [1.54, 1.807) is 0 Å². The molecule has 0 aliphatic rings. The van der Waals surface area contributed by atoms with Gasteiger partial charge in [-0.3, -0.25) is 4.99 Å². The normalized spacial score (nSPS) is 12.8. The maximum Gasteiger partial charge on any atom is 0.0629 e. The van der Waals surface area contributed by atoms with Crippen molar-refractivity contribution in [1.82, 2.24) is 0 Å². The fourth-order valence-electron chi connectivity index (χ4n) is 0.975. The number of allylic oxidation sites excluding steroid dienone is 2. The van der Waals surface area contributed by atoms with Gasteiger partial charge in [-0.2, -0.15) is 0 Å². The summed E-state index contributed by atoms with van der Waals surface area (Å²) in [5.41, 5.74) is 1.22. The zero-order valence-electron chi connectivity index (χ0n) is 9.07. The van der Waals surface area contributed by atoms with E-state index in [9.17, 15) is 0 Å². The highest BCUT2D eigenvalue weighted by atomic mass is 14.7. The monoisotopic (exact) mass is 187 g/mol. The van der Waals surface area contributed by atoms with E-state index in [4.69, 9.17) is 0 Å². The minimum Gasteiger partial charge on any atom is -0.257 e. The van der Waals surface area contributed by atoms with Gasteiger partial charge in [0, 0.05) is 6.21 Å². The highest BCUT2D eigenvalue weighted by Gasteiger charge is 2.01. The lowest BCUT2D eigenvalue weighted by Crippen LogP contribution is -1.98. The number of hydrogen-bond acceptors (Lipinski definition) is 1. The molecule has 14 heavy (non-hydrogen) atoms. The predicted octanol–water partition coefficient (Wildman–Crippen LogP) is 3.99. The molecule has 1 aromatic carbocycles. The zero-order chi connectivity index (χ0) is 10.4. The molecule has 0 unspecified atom stereocenters. The van der Waals surface area contributed by atoms with Crippen molar-refractivity contribution in [2.75, 3.05) is 0 Å². The summed E-state index contributed by atoms with van der Waals surface area (Å²) in [6, 6.07) is 9.94. The van der Waals surface area contributed by atoms with Crippen molar-refractivity contribution in [3.05, 3.63) is 42.5 Å². The molecule has 0 fully saturated rings. The highest BCUT2D eigenvalue weighted by Crippen LogP contribution is 2.14. The predicted molar refractivity (Wildman–Crippen MR) is 63.2 cm³/mol. The van der Waals surface area contributed by atoms with Crippen LogP contribution in [0.1, 0.15) is 20.8 Å². The maximum absolute atomic E-state index is 4.30. The molecule has 1 aromatic rings. The fourth-order valence-corrected chi connectivity index (χ4v) is 0.975.